The van der Waals surface area contributed by atoms with Gasteiger partial charge in [0, 0.05) is 30.3 Å². The van der Waals surface area contributed by atoms with Gasteiger partial charge in [-0.05, 0) is 49.2 Å². The molecule has 146 valence electrons. The van der Waals surface area contributed by atoms with Gasteiger partial charge in [-0.15, -0.1) is 0 Å². The van der Waals surface area contributed by atoms with Crippen molar-refractivity contribution in [2.24, 2.45) is 5.41 Å². The van der Waals surface area contributed by atoms with E-state index in [4.69, 9.17) is 0 Å². The molecule has 0 aliphatic heterocycles. The number of fused-ring (bicyclic) bond motifs is 1. The predicted molar refractivity (Wildman–Crippen MR) is 111 cm³/mol. The van der Waals surface area contributed by atoms with E-state index in [2.05, 4.69) is 15.3 Å². The maximum Gasteiger partial charge on any atom is 0.321 e. The number of aromatic amines is 1. The van der Waals surface area contributed by atoms with Crippen molar-refractivity contribution in [1.29, 1.82) is 0 Å². The Labute approximate surface area is 164 Å². The third-order valence-electron chi connectivity index (χ3n) is 5.72. The number of carbonyl (C=O) groups excluding carboxylic acids is 1. The topological polar surface area (TPSA) is 81.2 Å². The summed E-state index contributed by atoms with van der Waals surface area (Å²) in [6.07, 6.45) is 4.21. The molecule has 1 aromatic heterocycles. The van der Waals surface area contributed by atoms with Crippen molar-refractivity contribution in [1.82, 2.24) is 14.9 Å². The number of anilines is 1. The van der Waals surface area contributed by atoms with Gasteiger partial charge in [0.05, 0.1) is 17.6 Å². The average Bonchev–Trinajstić information content (AvgIpc) is 3.36. The molecule has 6 nitrogen and oxygen atoms in total. The van der Waals surface area contributed by atoms with Crippen LogP contribution in [-0.2, 0) is 0 Å². The molecule has 2 aromatic carbocycles. The number of para-hydroxylation sites is 2. The normalized spacial score (nSPS) is 15.6. The Bertz CT molecular complexity index is 925. The molecule has 1 fully saturated rings. The first-order valence-electron chi connectivity index (χ1n) is 9.77. The van der Waals surface area contributed by atoms with E-state index in [0.717, 1.165) is 53.8 Å². The van der Waals surface area contributed by atoms with Crippen molar-refractivity contribution in [2.45, 2.75) is 25.7 Å². The molecular weight excluding hydrogens is 352 g/mol. The number of imidazole rings is 1. The first kappa shape index (κ1) is 18.5. The van der Waals surface area contributed by atoms with Gasteiger partial charge in [0.1, 0.15) is 5.82 Å². The summed E-state index contributed by atoms with van der Waals surface area (Å²) in [6, 6.07) is 15.4. The van der Waals surface area contributed by atoms with Crippen molar-refractivity contribution < 1.29 is 9.90 Å². The summed E-state index contributed by atoms with van der Waals surface area (Å²) in [6.45, 7) is 0.712. The highest BCUT2D eigenvalue weighted by molar-refractivity contribution is 5.89. The van der Waals surface area contributed by atoms with E-state index >= 15 is 0 Å². The van der Waals surface area contributed by atoms with E-state index in [1.54, 1.807) is 11.9 Å². The number of rotatable bonds is 5. The van der Waals surface area contributed by atoms with Gasteiger partial charge >= 0.3 is 6.03 Å². The number of carbonyl (C=O) groups is 1. The van der Waals surface area contributed by atoms with Crippen LogP contribution in [-0.4, -0.2) is 46.2 Å². The fraction of sp³-hybridized carbons (Fsp3) is 0.364. The molecule has 0 radical (unpaired) electrons. The molecule has 0 saturated heterocycles. The number of hydrogen-bond donors (Lipinski definition) is 3. The maximum absolute atomic E-state index is 12.5. The number of H-pyrrole nitrogens is 1. The summed E-state index contributed by atoms with van der Waals surface area (Å²) >= 11 is 0. The lowest BCUT2D eigenvalue weighted by molar-refractivity contribution is 0.0998. The van der Waals surface area contributed by atoms with E-state index in [1.807, 2.05) is 48.5 Å². The van der Waals surface area contributed by atoms with Crippen LogP contribution >= 0.6 is 0 Å². The van der Waals surface area contributed by atoms with E-state index < -0.39 is 0 Å². The van der Waals surface area contributed by atoms with Crippen LogP contribution in [0.5, 0.6) is 0 Å². The molecule has 3 aromatic rings. The quantitative estimate of drug-likeness (QED) is 0.621. The van der Waals surface area contributed by atoms with E-state index in [-0.39, 0.29) is 18.1 Å². The zero-order valence-electron chi connectivity index (χ0n) is 16.1. The number of nitrogens with zero attached hydrogens (tertiary/aromatic N) is 2. The molecule has 0 spiro atoms. The largest absolute Gasteiger partial charge is 0.396 e. The number of amides is 2. The second-order valence-corrected chi connectivity index (χ2v) is 7.83. The number of aliphatic hydroxyl groups excluding tert-OH is 1. The lowest BCUT2D eigenvalue weighted by Gasteiger charge is -2.31. The van der Waals surface area contributed by atoms with E-state index in [9.17, 15) is 9.90 Å². The summed E-state index contributed by atoms with van der Waals surface area (Å²) in [5, 5.41) is 12.7. The van der Waals surface area contributed by atoms with Crippen LogP contribution in [0.1, 0.15) is 25.7 Å². The molecule has 28 heavy (non-hydrogen) atoms. The Morgan fingerprint density at radius 2 is 1.89 bits per heavy atom. The molecule has 0 bridgehead atoms. The van der Waals surface area contributed by atoms with Crippen LogP contribution < -0.4 is 5.32 Å². The van der Waals surface area contributed by atoms with Crippen molar-refractivity contribution >= 4 is 22.8 Å². The minimum absolute atomic E-state index is 0.136. The first-order chi connectivity index (χ1) is 13.6. The Balaban J connectivity index is 1.41. The van der Waals surface area contributed by atoms with Crippen LogP contribution in [0.15, 0.2) is 48.5 Å². The molecule has 1 aliphatic rings. The van der Waals surface area contributed by atoms with Gasteiger partial charge in [0.25, 0.3) is 0 Å². The van der Waals surface area contributed by atoms with Gasteiger partial charge in [-0.1, -0.05) is 25.0 Å². The molecule has 1 aliphatic carbocycles. The number of hydrogen-bond acceptors (Lipinski definition) is 3. The Kier molecular flexibility index (Phi) is 5.05. The summed E-state index contributed by atoms with van der Waals surface area (Å²) < 4.78 is 0. The minimum Gasteiger partial charge on any atom is -0.396 e. The first-order valence-corrected chi connectivity index (χ1v) is 9.77. The van der Waals surface area contributed by atoms with Gasteiger partial charge in [0.2, 0.25) is 0 Å². The second kappa shape index (κ2) is 7.64. The highest BCUT2D eigenvalue weighted by Gasteiger charge is 2.35. The number of aliphatic hydroxyl groups is 1. The van der Waals surface area contributed by atoms with Crippen LogP contribution in [0.25, 0.3) is 22.4 Å². The van der Waals surface area contributed by atoms with Gasteiger partial charge in [-0.2, -0.15) is 0 Å². The van der Waals surface area contributed by atoms with Crippen molar-refractivity contribution in [3.63, 3.8) is 0 Å². The molecule has 6 heteroatoms. The fourth-order valence-electron chi connectivity index (χ4n) is 4.09. The standard InChI is InChI=1S/C22H26N4O2/c1-26(14-22(15-27)12-4-5-13-22)21(28)23-17-10-8-16(9-11-17)20-24-18-6-2-3-7-19(18)25-20/h2-3,6-11,27H,4-5,12-15H2,1H3,(H,23,28)(H,24,25). The third-order valence-corrected chi connectivity index (χ3v) is 5.72. The van der Waals surface area contributed by atoms with Crippen LogP contribution in [0.3, 0.4) is 0 Å². The fourth-order valence-corrected chi connectivity index (χ4v) is 4.09. The molecular formula is C22H26N4O2. The molecule has 0 unspecified atom stereocenters. The van der Waals surface area contributed by atoms with E-state index in [1.165, 1.54) is 0 Å². The van der Waals surface area contributed by atoms with Crippen LogP contribution in [0.2, 0.25) is 0 Å². The molecule has 0 atom stereocenters. The molecule has 1 saturated carbocycles. The molecule has 3 N–H and O–H groups in total. The zero-order valence-corrected chi connectivity index (χ0v) is 16.1. The van der Waals surface area contributed by atoms with Crippen molar-refractivity contribution in [3.05, 3.63) is 48.5 Å². The highest BCUT2D eigenvalue weighted by atomic mass is 16.3. The van der Waals surface area contributed by atoms with Gasteiger partial charge < -0.3 is 20.3 Å². The Morgan fingerprint density at radius 1 is 1.18 bits per heavy atom. The lowest BCUT2D eigenvalue weighted by atomic mass is 9.87. The number of aromatic nitrogens is 2. The zero-order chi connectivity index (χ0) is 19.6. The monoisotopic (exact) mass is 378 g/mol. The Hall–Kier alpha value is -2.86. The highest BCUT2D eigenvalue weighted by Crippen LogP contribution is 2.38. The van der Waals surface area contributed by atoms with Gasteiger partial charge in [0.15, 0.2) is 0 Å². The maximum atomic E-state index is 12.5. The molecule has 1 heterocycles. The van der Waals surface area contributed by atoms with Gasteiger partial charge in [-0.3, -0.25) is 0 Å². The summed E-state index contributed by atoms with van der Waals surface area (Å²) in [5.74, 6) is 0.808. The average molecular weight is 378 g/mol. The predicted octanol–water partition coefficient (Wildman–Crippen LogP) is 4.25. The number of urea groups is 1. The smallest absolute Gasteiger partial charge is 0.321 e. The third kappa shape index (κ3) is 3.73. The van der Waals surface area contributed by atoms with Crippen molar-refractivity contribution in [2.75, 3.05) is 25.5 Å². The SMILES string of the molecule is CN(CC1(CO)CCCC1)C(=O)Nc1ccc(-c2nc3ccccc3[nH]2)cc1. The number of benzene rings is 2. The number of nitrogens with one attached hydrogen (secondary N) is 2. The van der Waals surface area contributed by atoms with Crippen molar-refractivity contribution in [3.8, 4) is 11.4 Å². The minimum atomic E-state index is -0.156. The Morgan fingerprint density at radius 3 is 2.57 bits per heavy atom. The summed E-state index contributed by atoms with van der Waals surface area (Å²) in [5.41, 5.74) is 3.49. The molecule has 4 rings (SSSR count). The van der Waals surface area contributed by atoms with Crippen LogP contribution in [0, 0.1) is 5.41 Å². The lowest BCUT2D eigenvalue weighted by Crippen LogP contribution is -2.41. The van der Waals surface area contributed by atoms with Crippen LogP contribution in [0.4, 0.5) is 10.5 Å². The molecule has 2 amide bonds. The van der Waals surface area contributed by atoms with E-state index in [0.29, 0.717) is 6.54 Å². The van der Waals surface area contributed by atoms with Gasteiger partial charge in [-0.25, -0.2) is 9.78 Å². The summed E-state index contributed by atoms with van der Waals surface area (Å²) in [4.78, 5) is 22.1. The second-order valence-electron chi connectivity index (χ2n) is 7.83. The summed E-state index contributed by atoms with van der Waals surface area (Å²) in [7, 11) is 1.79.